The van der Waals surface area contributed by atoms with Crippen molar-refractivity contribution in [2.45, 2.75) is 31.8 Å². The molecular weight excluding hydrogens is 279 g/mol. The second kappa shape index (κ2) is 6.73. The summed E-state index contributed by atoms with van der Waals surface area (Å²) in [6, 6.07) is 16.6. The maximum Gasteiger partial charge on any atom is 0.309 e. The van der Waals surface area contributed by atoms with Crippen molar-refractivity contribution in [2.75, 3.05) is 0 Å². The molecular formula is C19H19FO2. The predicted molar refractivity (Wildman–Crippen MR) is 82.9 cm³/mol. The minimum atomic E-state index is -0.251. The van der Waals surface area contributed by atoms with Gasteiger partial charge in [0.2, 0.25) is 0 Å². The van der Waals surface area contributed by atoms with Gasteiger partial charge in [0.15, 0.2) is 0 Å². The summed E-state index contributed by atoms with van der Waals surface area (Å²) in [5.74, 6) is -0.480. The first-order chi connectivity index (χ1) is 10.7. The van der Waals surface area contributed by atoms with E-state index in [9.17, 15) is 9.18 Å². The SMILES string of the molecule is O=C1O[C@@H](CCc2ccccc2)C[C@H]1Cc1ccc(F)cc1. The van der Waals surface area contributed by atoms with Crippen molar-refractivity contribution in [3.63, 3.8) is 0 Å². The Morgan fingerprint density at radius 1 is 1.00 bits per heavy atom. The average molecular weight is 298 g/mol. The van der Waals surface area contributed by atoms with Crippen LogP contribution >= 0.6 is 0 Å². The van der Waals surface area contributed by atoms with E-state index in [1.165, 1.54) is 17.7 Å². The highest BCUT2D eigenvalue weighted by Gasteiger charge is 2.33. The molecule has 0 radical (unpaired) electrons. The number of benzene rings is 2. The number of halogens is 1. The van der Waals surface area contributed by atoms with Gasteiger partial charge in [-0.25, -0.2) is 4.39 Å². The van der Waals surface area contributed by atoms with E-state index in [1.807, 2.05) is 18.2 Å². The summed E-state index contributed by atoms with van der Waals surface area (Å²) in [6.07, 6.45) is 3.15. The molecule has 0 N–H and O–H groups in total. The molecule has 0 bridgehead atoms. The average Bonchev–Trinajstić information content (AvgIpc) is 2.89. The lowest BCUT2D eigenvalue weighted by Crippen LogP contribution is -2.10. The molecule has 0 amide bonds. The van der Waals surface area contributed by atoms with E-state index < -0.39 is 0 Å². The lowest BCUT2D eigenvalue weighted by atomic mass is 9.94. The van der Waals surface area contributed by atoms with E-state index in [0.717, 1.165) is 24.8 Å². The molecule has 1 saturated heterocycles. The first-order valence-corrected chi connectivity index (χ1v) is 7.69. The number of hydrogen-bond donors (Lipinski definition) is 0. The van der Waals surface area contributed by atoms with E-state index in [4.69, 9.17) is 4.74 Å². The van der Waals surface area contributed by atoms with Crippen LogP contribution in [0.2, 0.25) is 0 Å². The van der Waals surface area contributed by atoms with Crippen molar-refractivity contribution in [3.05, 3.63) is 71.5 Å². The zero-order valence-corrected chi connectivity index (χ0v) is 12.4. The normalized spacial score (nSPS) is 20.9. The molecule has 0 aliphatic carbocycles. The Labute approximate surface area is 129 Å². The molecule has 2 atom stereocenters. The third-order valence-electron chi connectivity index (χ3n) is 4.16. The number of hydrogen-bond acceptors (Lipinski definition) is 2. The monoisotopic (exact) mass is 298 g/mol. The molecule has 1 fully saturated rings. The van der Waals surface area contributed by atoms with Gasteiger partial charge in [-0.2, -0.15) is 0 Å². The molecule has 2 aromatic rings. The third-order valence-corrected chi connectivity index (χ3v) is 4.16. The Morgan fingerprint density at radius 2 is 1.73 bits per heavy atom. The maximum atomic E-state index is 12.9. The molecule has 1 aliphatic rings. The number of esters is 1. The quantitative estimate of drug-likeness (QED) is 0.782. The Balaban J connectivity index is 1.53. The van der Waals surface area contributed by atoms with E-state index in [-0.39, 0.29) is 23.8 Å². The van der Waals surface area contributed by atoms with Gasteiger partial charge >= 0.3 is 5.97 Å². The smallest absolute Gasteiger partial charge is 0.309 e. The van der Waals surface area contributed by atoms with E-state index in [2.05, 4.69) is 12.1 Å². The lowest BCUT2D eigenvalue weighted by molar-refractivity contribution is -0.144. The van der Waals surface area contributed by atoms with Crippen molar-refractivity contribution in [1.82, 2.24) is 0 Å². The van der Waals surface area contributed by atoms with E-state index in [0.29, 0.717) is 6.42 Å². The fraction of sp³-hybridized carbons (Fsp3) is 0.316. The van der Waals surface area contributed by atoms with Crippen LogP contribution in [0, 0.1) is 11.7 Å². The van der Waals surface area contributed by atoms with Crippen LogP contribution in [-0.2, 0) is 22.4 Å². The number of aryl methyl sites for hydroxylation is 1. The molecule has 114 valence electrons. The number of ether oxygens (including phenoxy) is 1. The van der Waals surface area contributed by atoms with Gasteiger partial charge in [-0.1, -0.05) is 42.5 Å². The van der Waals surface area contributed by atoms with Crippen molar-refractivity contribution in [3.8, 4) is 0 Å². The highest BCUT2D eigenvalue weighted by Crippen LogP contribution is 2.27. The fourth-order valence-corrected chi connectivity index (χ4v) is 2.94. The number of carbonyl (C=O) groups is 1. The standard InChI is InChI=1S/C19H19FO2/c20-17-9-6-15(7-10-17)12-16-13-18(22-19(16)21)11-8-14-4-2-1-3-5-14/h1-7,9-10,16,18H,8,11-13H2/t16-,18+/m1/s1. The highest BCUT2D eigenvalue weighted by atomic mass is 19.1. The number of rotatable bonds is 5. The molecule has 0 saturated carbocycles. The van der Waals surface area contributed by atoms with Gasteiger partial charge in [-0.15, -0.1) is 0 Å². The summed E-state index contributed by atoms with van der Waals surface area (Å²) in [5.41, 5.74) is 2.24. The van der Waals surface area contributed by atoms with Gasteiger partial charge in [0, 0.05) is 0 Å². The molecule has 0 unspecified atom stereocenters. The maximum absolute atomic E-state index is 12.9. The van der Waals surface area contributed by atoms with Crippen LogP contribution in [-0.4, -0.2) is 12.1 Å². The van der Waals surface area contributed by atoms with Gasteiger partial charge < -0.3 is 4.74 Å². The van der Waals surface area contributed by atoms with Gasteiger partial charge in [-0.05, 0) is 48.9 Å². The van der Waals surface area contributed by atoms with Crippen LogP contribution < -0.4 is 0 Å². The van der Waals surface area contributed by atoms with Crippen molar-refractivity contribution in [1.29, 1.82) is 0 Å². The summed E-state index contributed by atoms with van der Waals surface area (Å²) >= 11 is 0. The Hall–Kier alpha value is -2.16. The van der Waals surface area contributed by atoms with Crippen molar-refractivity contribution >= 4 is 5.97 Å². The number of carbonyl (C=O) groups excluding carboxylic acids is 1. The van der Waals surface area contributed by atoms with Crippen LogP contribution in [0.3, 0.4) is 0 Å². The molecule has 1 aliphatic heterocycles. The zero-order valence-electron chi connectivity index (χ0n) is 12.4. The van der Waals surface area contributed by atoms with Crippen molar-refractivity contribution < 1.29 is 13.9 Å². The molecule has 2 nitrogen and oxygen atoms in total. The van der Waals surface area contributed by atoms with Gasteiger partial charge in [-0.3, -0.25) is 4.79 Å². The summed E-state index contributed by atoms with van der Waals surface area (Å²) in [5, 5.41) is 0. The van der Waals surface area contributed by atoms with Crippen LogP contribution in [0.1, 0.15) is 24.0 Å². The zero-order chi connectivity index (χ0) is 15.4. The minimum absolute atomic E-state index is 0.00171. The van der Waals surface area contributed by atoms with E-state index in [1.54, 1.807) is 12.1 Å². The van der Waals surface area contributed by atoms with Gasteiger partial charge in [0.25, 0.3) is 0 Å². The Kier molecular flexibility index (Phi) is 4.52. The van der Waals surface area contributed by atoms with Crippen LogP contribution in [0.5, 0.6) is 0 Å². The third kappa shape index (κ3) is 3.73. The number of cyclic esters (lactones) is 1. The van der Waals surface area contributed by atoms with Gasteiger partial charge in [0.05, 0.1) is 5.92 Å². The summed E-state index contributed by atoms with van der Waals surface area (Å²) in [4.78, 5) is 12.0. The summed E-state index contributed by atoms with van der Waals surface area (Å²) in [6.45, 7) is 0. The molecule has 0 spiro atoms. The Morgan fingerprint density at radius 3 is 2.45 bits per heavy atom. The summed E-state index contributed by atoms with van der Waals surface area (Å²) < 4.78 is 18.4. The van der Waals surface area contributed by atoms with Crippen molar-refractivity contribution in [2.24, 2.45) is 5.92 Å². The molecule has 1 heterocycles. The second-order valence-electron chi connectivity index (χ2n) is 5.85. The first-order valence-electron chi connectivity index (χ1n) is 7.69. The molecule has 0 aromatic heterocycles. The fourth-order valence-electron chi connectivity index (χ4n) is 2.94. The molecule has 3 rings (SSSR count). The van der Waals surface area contributed by atoms with E-state index >= 15 is 0 Å². The topological polar surface area (TPSA) is 26.3 Å². The molecule has 2 aromatic carbocycles. The minimum Gasteiger partial charge on any atom is -0.462 e. The predicted octanol–water partition coefficient (Wildman–Crippen LogP) is 3.93. The Bertz CT molecular complexity index is 622. The van der Waals surface area contributed by atoms with Crippen LogP contribution in [0.4, 0.5) is 4.39 Å². The van der Waals surface area contributed by atoms with Gasteiger partial charge in [0.1, 0.15) is 11.9 Å². The molecule has 3 heteroatoms. The van der Waals surface area contributed by atoms with Crippen LogP contribution in [0.25, 0.3) is 0 Å². The highest BCUT2D eigenvalue weighted by molar-refractivity contribution is 5.75. The summed E-state index contributed by atoms with van der Waals surface area (Å²) in [7, 11) is 0. The van der Waals surface area contributed by atoms with Crippen LogP contribution in [0.15, 0.2) is 54.6 Å². The lowest BCUT2D eigenvalue weighted by Gasteiger charge is -2.08. The first kappa shape index (κ1) is 14.8. The molecule has 22 heavy (non-hydrogen) atoms. The second-order valence-corrected chi connectivity index (χ2v) is 5.85. The largest absolute Gasteiger partial charge is 0.462 e.